The third kappa shape index (κ3) is 3.30. The lowest BCUT2D eigenvalue weighted by molar-refractivity contribution is -0.137. The molecule has 3 rings (SSSR count). The fraction of sp³-hybridized carbons (Fsp3) is 0.400. The summed E-state index contributed by atoms with van der Waals surface area (Å²) in [6.45, 7) is 0.362. The van der Waals surface area contributed by atoms with Gasteiger partial charge in [-0.3, -0.25) is 0 Å². The van der Waals surface area contributed by atoms with E-state index in [-0.39, 0.29) is 6.04 Å². The Morgan fingerprint density at radius 2 is 1.96 bits per heavy atom. The van der Waals surface area contributed by atoms with Crippen molar-refractivity contribution in [2.45, 2.75) is 31.5 Å². The fourth-order valence-electron chi connectivity index (χ4n) is 2.78. The molecular weight excluding hydrogens is 333 g/mol. The van der Waals surface area contributed by atoms with Gasteiger partial charge in [-0.15, -0.1) is 5.06 Å². The van der Waals surface area contributed by atoms with Crippen molar-refractivity contribution in [3.63, 3.8) is 0 Å². The monoisotopic (exact) mass is 346 g/mol. The molecule has 0 bridgehead atoms. The van der Waals surface area contributed by atoms with E-state index in [1.807, 2.05) is 0 Å². The smallest absolute Gasteiger partial charge is 0.411 e. The Hall–Kier alpha value is -1.73. The van der Waals surface area contributed by atoms with Crippen LogP contribution in [-0.2, 0) is 11.0 Å². The number of alkyl halides is 3. The number of oxime groups is 1. The van der Waals surface area contributed by atoms with Gasteiger partial charge in [-0.05, 0) is 25.0 Å². The van der Waals surface area contributed by atoms with Crippen molar-refractivity contribution in [3.8, 4) is 0 Å². The first kappa shape index (κ1) is 16.1. The molecule has 0 unspecified atom stereocenters. The van der Waals surface area contributed by atoms with Crippen molar-refractivity contribution in [1.82, 2.24) is 5.06 Å². The van der Waals surface area contributed by atoms with Crippen LogP contribution in [0.15, 0.2) is 34.5 Å². The van der Waals surface area contributed by atoms with Gasteiger partial charge in [0, 0.05) is 12.0 Å². The summed E-state index contributed by atoms with van der Waals surface area (Å²) < 4.78 is 37.8. The number of halogens is 4. The maximum absolute atomic E-state index is 12.6. The summed E-state index contributed by atoms with van der Waals surface area (Å²) in [5.41, 5.74) is 0.490. The molecule has 1 aromatic carbocycles. The molecule has 1 aliphatic carbocycles. The highest BCUT2D eigenvalue weighted by Crippen LogP contribution is 2.36. The molecule has 1 saturated carbocycles. The molecule has 1 aliphatic heterocycles. The van der Waals surface area contributed by atoms with E-state index < -0.39 is 11.7 Å². The second kappa shape index (κ2) is 6.05. The van der Waals surface area contributed by atoms with Crippen LogP contribution < -0.4 is 0 Å². The largest absolute Gasteiger partial charge is 0.416 e. The van der Waals surface area contributed by atoms with Crippen LogP contribution in [0.5, 0.6) is 0 Å². The molecular formula is C15H14ClF3N2O2. The molecule has 23 heavy (non-hydrogen) atoms. The molecule has 0 saturated heterocycles. The predicted octanol–water partition coefficient (Wildman–Crippen LogP) is 4.24. The highest BCUT2D eigenvalue weighted by atomic mass is 35.5. The van der Waals surface area contributed by atoms with E-state index in [0.717, 1.165) is 18.6 Å². The quantitative estimate of drug-likeness (QED) is 0.643. The highest BCUT2D eigenvalue weighted by Gasteiger charge is 2.35. The van der Waals surface area contributed by atoms with E-state index in [9.17, 15) is 13.2 Å². The second-order valence-corrected chi connectivity index (χ2v) is 5.99. The van der Waals surface area contributed by atoms with Crippen molar-refractivity contribution in [2.75, 3.05) is 6.54 Å². The van der Waals surface area contributed by atoms with Crippen LogP contribution in [0.1, 0.15) is 30.4 Å². The van der Waals surface area contributed by atoms with Gasteiger partial charge in [-0.2, -0.15) is 13.2 Å². The Bertz CT molecular complexity index is 656. The molecule has 1 aromatic rings. The van der Waals surface area contributed by atoms with E-state index >= 15 is 0 Å². The number of hydrogen-bond donors (Lipinski definition) is 1. The van der Waals surface area contributed by atoms with E-state index in [4.69, 9.17) is 21.6 Å². The molecule has 1 N–H and O–H groups in total. The summed E-state index contributed by atoms with van der Waals surface area (Å²) >= 11 is 6.20. The summed E-state index contributed by atoms with van der Waals surface area (Å²) in [6, 6.07) is 4.75. The first-order valence-electron chi connectivity index (χ1n) is 7.09. The summed E-state index contributed by atoms with van der Waals surface area (Å²) in [6.07, 6.45) is -2.32. The lowest BCUT2D eigenvalue weighted by Crippen LogP contribution is -2.30. The molecule has 1 fully saturated rings. The molecule has 8 heteroatoms. The van der Waals surface area contributed by atoms with Crippen LogP contribution in [0.2, 0.25) is 0 Å². The molecule has 0 amide bonds. The van der Waals surface area contributed by atoms with Crippen molar-refractivity contribution in [3.05, 3.63) is 40.4 Å². The first-order chi connectivity index (χ1) is 10.9. The van der Waals surface area contributed by atoms with E-state index in [1.54, 1.807) is 5.06 Å². The molecule has 4 nitrogen and oxygen atoms in total. The normalized spacial score (nSPS) is 24.5. The topological polar surface area (TPSA) is 45.1 Å². The number of hydroxylamine groups is 2. The molecule has 1 heterocycles. The van der Waals surface area contributed by atoms with E-state index in [1.165, 1.54) is 12.1 Å². The minimum atomic E-state index is -4.37. The number of benzene rings is 1. The van der Waals surface area contributed by atoms with Crippen LogP contribution in [0.3, 0.4) is 0 Å². The van der Waals surface area contributed by atoms with Crippen LogP contribution in [0.25, 0.3) is 5.76 Å². The summed E-state index contributed by atoms with van der Waals surface area (Å²) in [7, 11) is 0. The summed E-state index contributed by atoms with van der Waals surface area (Å²) in [4.78, 5) is 5.73. The van der Waals surface area contributed by atoms with Gasteiger partial charge in [0.2, 0.25) is 0 Å². The predicted molar refractivity (Wildman–Crippen MR) is 78.9 cm³/mol. The van der Waals surface area contributed by atoms with Gasteiger partial charge in [0.25, 0.3) is 0 Å². The third-order valence-corrected chi connectivity index (χ3v) is 4.30. The van der Waals surface area contributed by atoms with Gasteiger partial charge in [-0.25, -0.2) is 0 Å². The minimum absolute atomic E-state index is 0.0431. The van der Waals surface area contributed by atoms with Crippen LogP contribution in [0.4, 0.5) is 13.2 Å². The van der Waals surface area contributed by atoms with Crippen molar-refractivity contribution in [2.24, 2.45) is 5.16 Å². The Balaban J connectivity index is 1.73. The third-order valence-electron chi connectivity index (χ3n) is 4.01. The second-order valence-electron chi connectivity index (χ2n) is 5.54. The molecule has 1 atom stereocenters. The van der Waals surface area contributed by atoms with Gasteiger partial charge in [0.15, 0.2) is 5.76 Å². The van der Waals surface area contributed by atoms with Crippen LogP contribution in [0, 0.1) is 0 Å². The molecule has 0 spiro atoms. The van der Waals surface area contributed by atoms with Crippen molar-refractivity contribution < 1.29 is 23.2 Å². The highest BCUT2D eigenvalue weighted by molar-refractivity contribution is 6.32. The van der Waals surface area contributed by atoms with Crippen LogP contribution >= 0.6 is 11.6 Å². The Morgan fingerprint density at radius 1 is 1.26 bits per heavy atom. The average molecular weight is 347 g/mol. The van der Waals surface area contributed by atoms with Crippen molar-refractivity contribution in [1.29, 1.82) is 0 Å². The van der Waals surface area contributed by atoms with Gasteiger partial charge >= 0.3 is 6.18 Å². The summed E-state index contributed by atoms with van der Waals surface area (Å²) in [5, 5.41) is 14.2. The zero-order valence-corrected chi connectivity index (χ0v) is 12.7. The maximum atomic E-state index is 12.6. The molecule has 0 aromatic heterocycles. The standard InChI is InChI=1S/C15H14ClF3N2O2/c16-13-8-21(12-6-5-11(7-12)20-22)23-14(13)9-1-3-10(4-2-9)15(17,18)19/h1-4,12,22H,5-8H2/t12-/m1/s1. The van der Waals surface area contributed by atoms with Crippen LogP contribution in [-0.4, -0.2) is 28.6 Å². The average Bonchev–Trinajstić information content (AvgIpc) is 3.12. The Morgan fingerprint density at radius 3 is 2.52 bits per heavy atom. The molecule has 0 radical (unpaired) electrons. The van der Waals surface area contributed by atoms with Crippen molar-refractivity contribution >= 4 is 23.1 Å². The van der Waals surface area contributed by atoms with E-state index in [0.29, 0.717) is 41.5 Å². The zero-order chi connectivity index (χ0) is 16.6. The SMILES string of the molecule is ON=C1CC[C@@H](N2CC(Cl)=C(c3ccc(C(F)(F)F)cc3)O2)C1. The van der Waals surface area contributed by atoms with Gasteiger partial charge < -0.3 is 10.0 Å². The summed E-state index contributed by atoms with van der Waals surface area (Å²) in [5.74, 6) is 0.370. The van der Waals surface area contributed by atoms with E-state index in [2.05, 4.69) is 5.16 Å². The lowest BCUT2D eigenvalue weighted by atomic mass is 10.1. The first-order valence-corrected chi connectivity index (χ1v) is 7.47. The fourth-order valence-corrected chi connectivity index (χ4v) is 3.04. The zero-order valence-electron chi connectivity index (χ0n) is 12.0. The number of hydrogen-bond acceptors (Lipinski definition) is 4. The van der Waals surface area contributed by atoms with Gasteiger partial charge in [0.05, 0.1) is 28.9 Å². The maximum Gasteiger partial charge on any atom is 0.416 e. The lowest BCUT2D eigenvalue weighted by Gasteiger charge is -2.22. The minimum Gasteiger partial charge on any atom is -0.411 e. The number of rotatable bonds is 2. The Labute approximate surface area is 135 Å². The molecule has 124 valence electrons. The van der Waals surface area contributed by atoms with Gasteiger partial charge in [0.1, 0.15) is 0 Å². The number of nitrogens with zero attached hydrogens (tertiary/aromatic N) is 2. The van der Waals surface area contributed by atoms with Gasteiger partial charge in [-0.1, -0.05) is 28.9 Å². The molecule has 2 aliphatic rings. The Kier molecular flexibility index (Phi) is 4.25.